The van der Waals surface area contributed by atoms with Gasteiger partial charge in [0.1, 0.15) is 5.75 Å². The normalized spacial score (nSPS) is 20.1. The molecule has 1 aromatic heterocycles. The molecule has 1 fully saturated rings. The highest BCUT2D eigenvalue weighted by Gasteiger charge is 2.35. The molecule has 0 saturated carbocycles. The number of hydrogen-bond acceptors (Lipinski definition) is 4. The second-order valence-electron chi connectivity index (χ2n) is 9.63. The molecule has 6 nitrogen and oxygen atoms in total. The molecular weight excluding hydrogens is 412 g/mol. The van der Waals surface area contributed by atoms with Crippen molar-refractivity contribution in [3.63, 3.8) is 0 Å². The summed E-state index contributed by atoms with van der Waals surface area (Å²) >= 11 is 0. The van der Waals surface area contributed by atoms with Crippen molar-refractivity contribution in [3.8, 4) is 5.75 Å². The Hall–Kier alpha value is -2.34. The molecule has 2 aromatic rings. The Morgan fingerprint density at radius 3 is 2.76 bits per heavy atom. The lowest BCUT2D eigenvalue weighted by Gasteiger charge is -2.28. The van der Waals surface area contributed by atoms with Gasteiger partial charge in [0.15, 0.2) is 0 Å². The molecule has 6 heteroatoms. The van der Waals surface area contributed by atoms with Crippen molar-refractivity contribution in [2.75, 3.05) is 32.8 Å². The van der Waals surface area contributed by atoms with Gasteiger partial charge in [-0.25, -0.2) is 0 Å². The Bertz CT molecular complexity index is 874. The molecule has 2 atom stereocenters. The first-order valence-corrected chi connectivity index (χ1v) is 12.9. The number of aryl methyl sites for hydroxylation is 1. The molecule has 0 bridgehead atoms. The third-order valence-corrected chi connectivity index (χ3v) is 7.22. The first-order valence-electron chi connectivity index (χ1n) is 12.9. The van der Waals surface area contributed by atoms with Crippen LogP contribution < -0.4 is 4.74 Å². The Labute approximate surface area is 198 Å². The van der Waals surface area contributed by atoms with Gasteiger partial charge >= 0.3 is 0 Å². The first-order chi connectivity index (χ1) is 16.2. The van der Waals surface area contributed by atoms with Gasteiger partial charge in [0.05, 0.1) is 13.2 Å². The number of ether oxygens (including phenoxy) is 1. The molecule has 1 aromatic carbocycles. The monoisotopic (exact) mass is 452 g/mol. The van der Waals surface area contributed by atoms with Crippen molar-refractivity contribution in [1.82, 2.24) is 19.6 Å². The summed E-state index contributed by atoms with van der Waals surface area (Å²) in [6, 6.07) is 9.09. The third kappa shape index (κ3) is 6.17. The molecule has 33 heavy (non-hydrogen) atoms. The van der Waals surface area contributed by atoms with Gasteiger partial charge in [-0.15, -0.1) is 0 Å². The van der Waals surface area contributed by atoms with Gasteiger partial charge in [-0.05, 0) is 54.9 Å². The zero-order valence-corrected chi connectivity index (χ0v) is 20.4. The fourth-order valence-electron chi connectivity index (χ4n) is 5.23. The molecule has 2 aliphatic heterocycles. The fourth-order valence-corrected chi connectivity index (χ4v) is 5.23. The van der Waals surface area contributed by atoms with E-state index < -0.39 is 0 Å². The highest BCUT2D eigenvalue weighted by molar-refractivity contribution is 5.78. The Balaban J connectivity index is 1.45. The molecule has 4 rings (SSSR count). The Morgan fingerprint density at radius 2 is 2.03 bits per heavy atom. The highest BCUT2D eigenvalue weighted by Crippen LogP contribution is 2.36. The van der Waals surface area contributed by atoms with E-state index in [1.165, 1.54) is 11.1 Å². The molecular formula is C27H40N4O2. The van der Waals surface area contributed by atoms with Crippen LogP contribution in [0.2, 0.25) is 0 Å². The van der Waals surface area contributed by atoms with Crippen LogP contribution in [-0.2, 0) is 17.8 Å². The third-order valence-electron chi connectivity index (χ3n) is 7.22. The number of benzene rings is 1. The summed E-state index contributed by atoms with van der Waals surface area (Å²) in [4.78, 5) is 17.9. The Morgan fingerprint density at radius 1 is 1.21 bits per heavy atom. The summed E-state index contributed by atoms with van der Waals surface area (Å²) in [6.45, 7) is 9.32. The molecule has 2 aliphatic rings. The fraction of sp³-hybridized carbons (Fsp3) is 0.630. The summed E-state index contributed by atoms with van der Waals surface area (Å²) in [5, 5.41) is 4.38. The highest BCUT2D eigenvalue weighted by atomic mass is 16.5. The van der Waals surface area contributed by atoms with Crippen LogP contribution in [0.15, 0.2) is 36.7 Å². The van der Waals surface area contributed by atoms with E-state index >= 15 is 0 Å². The van der Waals surface area contributed by atoms with Crippen LogP contribution in [0.25, 0.3) is 0 Å². The van der Waals surface area contributed by atoms with Gasteiger partial charge in [-0.3, -0.25) is 14.4 Å². The molecule has 180 valence electrons. The predicted molar refractivity (Wildman–Crippen MR) is 132 cm³/mol. The van der Waals surface area contributed by atoms with Crippen LogP contribution in [0.3, 0.4) is 0 Å². The molecule has 0 aliphatic carbocycles. The SMILES string of the molecule is CCCCN(CCCC)C(=O)CN1CC(c2ccc3c(c2)CCO3)CC1CCn1cccn1. The van der Waals surface area contributed by atoms with E-state index in [1.54, 1.807) is 0 Å². The van der Waals surface area contributed by atoms with Crippen molar-refractivity contribution in [1.29, 1.82) is 0 Å². The number of unbranched alkanes of at least 4 members (excludes halogenated alkanes) is 2. The number of amides is 1. The van der Waals surface area contributed by atoms with Crippen LogP contribution in [0.5, 0.6) is 5.75 Å². The predicted octanol–water partition coefficient (Wildman–Crippen LogP) is 4.50. The number of carbonyl (C=O) groups excluding carboxylic acids is 1. The zero-order valence-electron chi connectivity index (χ0n) is 20.4. The van der Waals surface area contributed by atoms with E-state index in [4.69, 9.17) is 4.74 Å². The van der Waals surface area contributed by atoms with Crippen LogP contribution in [0.4, 0.5) is 0 Å². The molecule has 2 unspecified atom stereocenters. The minimum absolute atomic E-state index is 0.295. The second-order valence-corrected chi connectivity index (χ2v) is 9.63. The molecule has 0 radical (unpaired) electrons. The van der Waals surface area contributed by atoms with Crippen LogP contribution in [0.1, 0.15) is 69.4 Å². The summed E-state index contributed by atoms with van der Waals surface area (Å²) in [5.74, 6) is 1.80. The number of likely N-dealkylation sites (tertiary alicyclic amines) is 1. The van der Waals surface area contributed by atoms with Gasteiger partial charge in [0, 0.05) is 51.0 Å². The first kappa shape index (κ1) is 23.8. The number of rotatable bonds is 12. The standard InChI is InChI=1S/C27H40N4O2/c1-3-5-13-29(14-6-4-2)27(32)21-30-20-24(19-25(30)10-16-31-15-7-12-28-31)22-8-9-26-23(18-22)11-17-33-26/h7-9,12,15,18,24-25H,3-6,10-11,13-14,16-17,19-21H2,1-2H3. The number of nitrogens with zero attached hydrogens (tertiary/aromatic N) is 4. The maximum absolute atomic E-state index is 13.3. The maximum atomic E-state index is 13.3. The molecule has 3 heterocycles. The smallest absolute Gasteiger partial charge is 0.236 e. The van der Waals surface area contributed by atoms with Crippen LogP contribution in [-0.4, -0.2) is 64.3 Å². The summed E-state index contributed by atoms with van der Waals surface area (Å²) in [5.41, 5.74) is 2.73. The topological polar surface area (TPSA) is 50.6 Å². The van der Waals surface area contributed by atoms with Crippen molar-refractivity contribution in [2.24, 2.45) is 0 Å². The van der Waals surface area contributed by atoms with E-state index in [-0.39, 0.29) is 0 Å². The van der Waals surface area contributed by atoms with Crippen molar-refractivity contribution < 1.29 is 9.53 Å². The lowest BCUT2D eigenvalue weighted by Crippen LogP contribution is -2.43. The van der Waals surface area contributed by atoms with Gasteiger partial charge in [0.2, 0.25) is 5.91 Å². The Kier molecular flexibility index (Phi) is 8.43. The molecule has 1 saturated heterocycles. The second kappa shape index (κ2) is 11.7. The number of hydrogen-bond donors (Lipinski definition) is 0. The zero-order chi connectivity index (χ0) is 23.0. The largest absolute Gasteiger partial charge is 0.493 e. The van der Waals surface area contributed by atoms with Gasteiger partial charge in [-0.2, -0.15) is 5.10 Å². The number of fused-ring (bicyclic) bond motifs is 1. The summed E-state index contributed by atoms with van der Waals surface area (Å²) in [7, 11) is 0. The number of aromatic nitrogens is 2. The molecule has 1 amide bonds. The van der Waals surface area contributed by atoms with Crippen LogP contribution >= 0.6 is 0 Å². The van der Waals surface area contributed by atoms with E-state index in [1.807, 2.05) is 23.1 Å². The minimum Gasteiger partial charge on any atom is -0.493 e. The van der Waals surface area contributed by atoms with Crippen LogP contribution in [0, 0.1) is 0 Å². The minimum atomic E-state index is 0.295. The van der Waals surface area contributed by atoms with E-state index in [0.717, 1.165) is 83.5 Å². The van der Waals surface area contributed by atoms with Crippen molar-refractivity contribution >= 4 is 5.91 Å². The lowest BCUT2D eigenvalue weighted by atomic mass is 9.93. The van der Waals surface area contributed by atoms with E-state index in [9.17, 15) is 4.79 Å². The average molecular weight is 453 g/mol. The average Bonchev–Trinajstić information content (AvgIpc) is 3.58. The maximum Gasteiger partial charge on any atom is 0.236 e. The molecule has 0 N–H and O–H groups in total. The van der Waals surface area contributed by atoms with Gasteiger partial charge in [0.25, 0.3) is 0 Å². The van der Waals surface area contributed by atoms with Crippen molar-refractivity contribution in [2.45, 2.75) is 77.3 Å². The summed E-state index contributed by atoms with van der Waals surface area (Å²) < 4.78 is 7.72. The quantitative estimate of drug-likeness (QED) is 0.476. The molecule has 0 spiro atoms. The van der Waals surface area contributed by atoms with Crippen molar-refractivity contribution in [3.05, 3.63) is 47.8 Å². The van der Waals surface area contributed by atoms with Gasteiger partial charge in [-0.1, -0.05) is 38.8 Å². The lowest BCUT2D eigenvalue weighted by molar-refractivity contribution is -0.132. The number of carbonyl (C=O) groups is 1. The van der Waals surface area contributed by atoms with E-state index in [2.05, 4.69) is 46.9 Å². The van der Waals surface area contributed by atoms with Gasteiger partial charge < -0.3 is 9.64 Å². The van der Waals surface area contributed by atoms with E-state index in [0.29, 0.717) is 24.4 Å². The summed E-state index contributed by atoms with van der Waals surface area (Å²) in [6.07, 6.45) is 11.4.